The van der Waals surface area contributed by atoms with Gasteiger partial charge in [-0.05, 0) is 38.0 Å². The number of nitrogens with zero attached hydrogens (tertiary/aromatic N) is 1. The smallest absolute Gasteiger partial charge is 0.146 e. The van der Waals surface area contributed by atoms with Gasteiger partial charge in [0.1, 0.15) is 5.82 Å². The molecule has 1 aliphatic heterocycles. The Kier molecular flexibility index (Phi) is 4.42. The van der Waals surface area contributed by atoms with Crippen LogP contribution in [0.3, 0.4) is 0 Å². The van der Waals surface area contributed by atoms with E-state index in [1.165, 1.54) is 6.07 Å². The van der Waals surface area contributed by atoms with Crippen LogP contribution in [0.15, 0.2) is 18.2 Å². The molecule has 2 unspecified atom stereocenters. The van der Waals surface area contributed by atoms with Crippen molar-refractivity contribution in [3.63, 3.8) is 0 Å². The third-order valence-electron chi connectivity index (χ3n) is 3.70. The number of rotatable bonds is 3. The number of aliphatic hydroxyl groups excluding tert-OH is 1. The standard InChI is InChI=1S/C15H22FNO2/c1-4-13-9-19-10(2)8-17(13)15-6-5-12(11(3)18)7-14(15)16/h5-7,10-11,13,18H,4,8-9H2,1-3H3/t10?,11-,13?/m1/s1. The number of benzene rings is 1. The van der Waals surface area contributed by atoms with Gasteiger partial charge in [-0.1, -0.05) is 13.0 Å². The molecule has 0 aliphatic carbocycles. The van der Waals surface area contributed by atoms with Gasteiger partial charge in [-0.15, -0.1) is 0 Å². The molecule has 19 heavy (non-hydrogen) atoms. The molecule has 0 saturated carbocycles. The van der Waals surface area contributed by atoms with E-state index in [1.54, 1.807) is 19.1 Å². The second-order valence-corrected chi connectivity index (χ2v) is 5.25. The molecule has 4 heteroatoms. The third kappa shape index (κ3) is 3.07. The summed E-state index contributed by atoms with van der Waals surface area (Å²) in [6, 6.07) is 5.18. The Morgan fingerprint density at radius 3 is 2.84 bits per heavy atom. The van der Waals surface area contributed by atoms with Crippen molar-refractivity contribution in [2.45, 2.75) is 45.4 Å². The highest BCUT2D eigenvalue weighted by molar-refractivity contribution is 5.51. The Bertz CT molecular complexity index is 436. The second kappa shape index (κ2) is 5.88. The highest BCUT2D eigenvalue weighted by Crippen LogP contribution is 2.28. The largest absolute Gasteiger partial charge is 0.389 e. The monoisotopic (exact) mass is 267 g/mol. The van der Waals surface area contributed by atoms with Crippen molar-refractivity contribution in [3.05, 3.63) is 29.6 Å². The summed E-state index contributed by atoms with van der Waals surface area (Å²) in [5.41, 5.74) is 1.21. The van der Waals surface area contributed by atoms with Gasteiger partial charge >= 0.3 is 0 Å². The minimum atomic E-state index is -0.644. The van der Waals surface area contributed by atoms with E-state index < -0.39 is 6.10 Å². The average molecular weight is 267 g/mol. The fraction of sp³-hybridized carbons (Fsp3) is 0.600. The zero-order valence-electron chi connectivity index (χ0n) is 11.8. The second-order valence-electron chi connectivity index (χ2n) is 5.25. The number of halogens is 1. The number of aliphatic hydroxyl groups is 1. The van der Waals surface area contributed by atoms with Crippen molar-refractivity contribution in [1.82, 2.24) is 0 Å². The lowest BCUT2D eigenvalue weighted by Crippen LogP contribution is -2.49. The summed E-state index contributed by atoms with van der Waals surface area (Å²) >= 11 is 0. The zero-order valence-corrected chi connectivity index (χ0v) is 11.8. The molecule has 2 rings (SSSR count). The van der Waals surface area contributed by atoms with Gasteiger partial charge in [0.05, 0.1) is 30.5 Å². The molecule has 3 atom stereocenters. The first-order valence-corrected chi connectivity index (χ1v) is 6.88. The summed E-state index contributed by atoms with van der Waals surface area (Å²) in [6.07, 6.45) is 0.386. The minimum absolute atomic E-state index is 0.110. The van der Waals surface area contributed by atoms with Crippen LogP contribution >= 0.6 is 0 Å². The lowest BCUT2D eigenvalue weighted by molar-refractivity contribution is 0.0297. The molecular formula is C15H22FNO2. The molecule has 0 radical (unpaired) electrons. The maximum Gasteiger partial charge on any atom is 0.146 e. The first-order chi connectivity index (χ1) is 9.02. The Morgan fingerprint density at radius 2 is 2.26 bits per heavy atom. The van der Waals surface area contributed by atoms with Crippen molar-refractivity contribution in [2.24, 2.45) is 0 Å². The average Bonchev–Trinajstić information content (AvgIpc) is 2.38. The molecule has 1 aliphatic rings. The fourth-order valence-corrected chi connectivity index (χ4v) is 2.49. The number of morpholine rings is 1. The Labute approximate surface area is 114 Å². The summed E-state index contributed by atoms with van der Waals surface area (Å²) in [5, 5.41) is 9.49. The lowest BCUT2D eigenvalue weighted by atomic mass is 10.1. The van der Waals surface area contributed by atoms with Gasteiger partial charge in [-0.2, -0.15) is 0 Å². The fourth-order valence-electron chi connectivity index (χ4n) is 2.49. The minimum Gasteiger partial charge on any atom is -0.389 e. The highest BCUT2D eigenvalue weighted by atomic mass is 19.1. The van der Waals surface area contributed by atoms with Gasteiger partial charge in [0, 0.05) is 6.54 Å². The normalized spacial score (nSPS) is 25.4. The Morgan fingerprint density at radius 1 is 1.53 bits per heavy atom. The van der Waals surface area contributed by atoms with E-state index in [1.807, 2.05) is 6.92 Å². The number of ether oxygens (including phenoxy) is 1. The Balaban J connectivity index is 2.28. The molecule has 0 aromatic heterocycles. The molecule has 1 saturated heterocycles. The van der Waals surface area contributed by atoms with Crippen LogP contribution in [0, 0.1) is 5.82 Å². The van der Waals surface area contributed by atoms with E-state index in [0.29, 0.717) is 24.4 Å². The number of hydrogen-bond acceptors (Lipinski definition) is 3. The van der Waals surface area contributed by atoms with E-state index in [2.05, 4.69) is 11.8 Å². The van der Waals surface area contributed by atoms with Crippen LogP contribution in [0.5, 0.6) is 0 Å². The number of anilines is 1. The molecule has 1 N–H and O–H groups in total. The van der Waals surface area contributed by atoms with Crippen LogP contribution in [-0.2, 0) is 4.74 Å². The van der Waals surface area contributed by atoms with Crippen molar-refractivity contribution in [3.8, 4) is 0 Å². The van der Waals surface area contributed by atoms with Crippen LogP contribution in [0.1, 0.15) is 38.9 Å². The van der Waals surface area contributed by atoms with Gasteiger partial charge in [0.2, 0.25) is 0 Å². The topological polar surface area (TPSA) is 32.7 Å². The van der Waals surface area contributed by atoms with Gasteiger partial charge in [-0.25, -0.2) is 4.39 Å². The molecule has 1 heterocycles. The highest BCUT2D eigenvalue weighted by Gasteiger charge is 2.27. The summed E-state index contributed by atoms with van der Waals surface area (Å²) in [7, 11) is 0. The zero-order chi connectivity index (χ0) is 14.0. The van der Waals surface area contributed by atoms with Crippen LogP contribution in [0.4, 0.5) is 10.1 Å². The molecule has 0 bridgehead atoms. The van der Waals surface area contributed by atoms with E-state index in [-0.39, 0.29) is 18.0 Å². The Hall–Kier alpha value is -1.13. The van der Waals surface area contributed by atoms with E-state index in [9.17, 15) is 9.50 Å². The first-order valence-electron chi connectivity index (χ1n) is 6.88. The molecular weight excluding hydrogens is 245 g/mol. The predicted octanol–water partition coefficient (Wildman–Crippen LogP) is 2.88. The molecule has 1 aromatic rings. The van der Waals surface area contributed by atoms with Crippen LogP contribution < -0.4 is 4.90 Å². The van der Waals surface area contributed by atoms with Crippen molar-refractivity contribution in [2.75, 3.05) is 18.1 Å². The summed E-state index contributed by atoms with van der Waals surface area (Å²) in [6.45, 7) is 7.05. The maximum absolute atomic E-state index is 14.2. The maximum atomic E-state index is 14.2. The van der Waals surface area contributed by atoms with E-state index in [4.69, 9.17) is 4.74 Å². The summed E-state index contributed by atoms with van der Waals surface area (Å²) < 4.78 is 19.9. The number of hydrogen-bond donors (Lipinski definition) is 1. The van der Waals surface area contributed by atoms with E-state index >= 15 is 0 Å². The lowest BCUT2D eigenvalue weighted by Gasteiger charge is -2.40. The van der Waals surface area contributed by atoms with Crippen LogP contribution in [0.25, 0.3) is 0 Å². The predicted molar refractivity (Wildman–Crippen MR) is 73.9 cm³/mol. The molecule has 106 valence electrons. The van der Waals surface area contributed by atoms with Gasteiger partial charge < -0.3 is 14.7 Å². The molecule has 3 nitrogen and oxygen atoms in total. The molecule has 1 aromatic carbocycles. The summed E-state index contributed by atoms with van der Waals surface area (Å²) in [5.74, 6) is -0.272. The first kappa shape index (κ1) is 14.3. The molecule has 0 spiro atoms. The van der Waals surface area contributed by atoms with Crippen molar-refractivity contribution >= 4 is 5.69 Å². The van der Waals surface area contributed by atoms with Crippen LogP contribution in [-0.4, -0.2) is 30.4 Å². The third-order valence-corrected chi connectivity index (χ3v) is 3.70. The van der Waals surface area contributed by atoms with Crippen molar-refractivity contribution < 1.29 is 14.2 Å². The quantitative estimate of drug-likeness (QED) is 0.914. The van der Waals surface area contributed by atoms with Gasteiger partial charge in [0.25, 0.3) is 0 Å². The van der Waals surface area contributed by atoms with E-state index in [0.717, 1.165) is 6.42 Å². The van der Waals surface area contributed by atoms with Gasteiger partial charge in [-0.3, -0.25) is 0 Å². The van der Waals surface area contributed by atoms with Gasteiger partial charge in [0.15, 0.2) is 0 Å². The summed E-state index contributed by atoms with van der Waals surface area (Å²) in [4.78, 5) is 2.08. The molecule has 0 amide bonds. The van der Waals surface area contributed by atoms with Crippen LogP contribution in [0.2, 0.25) is 0 Å². The SMILES string of the molecule is CCC1COC(C)CN1c1ccc([C@@H](C)O)cc1F. The molecule has 1 fully saturated rings. The van der Waals surface area contributed by atoms with Crippen molar-refractivity contribution in [1.29, 1.82) is 0 Å².